The van der Waals surface area contributed by atoms with Crippen molar-refractivity contribution in [3.8, 4) is 11.3 Å². The molecule has 1 aliphatic heterocycles. The molecule has 0 fully saturated rings. The lowest BCUT2D eigenvalue weighted by atomic mass is 10.1. The van der Waals surface area contributed by atoms with Crippen molar-refractivity contribution >= 4 is 35.0 Å². The van der Waals surface area contributed by atoms with E-state index in [1.807, 2.05) is 0 Å². The Kier molecular flexibility index (Phi) is 5.33. The third-order valence-electron chi connectivity index (χ3n) is 4.62. The number of ether oxygens (including phenoxy) is 1. The predicted octanol–water partition coefficient (Wildman–Crippen LogP) is 3.64. The molecule has 1 aliphatic rings. The molecule has 0 saturated carbocycles. The molecule has 0 saturated heterocycles. The number of fused-ring (bicyclic) bond motifs is 1. The Morgan fingerprint density at radius 1 is 1.30 bits per heavy atom. The third kappa shape index (κ3) is 3.81. The van der Waals surface area contributed by atoms with Crippen LogP contribution in [0.3, 0.4) is 0 Å². The van der Waals surface area contributed by atoms with E-state index in [4.69, 9.17) is 11.6 Å². The van der Waals surface area contributed by atoms with Gasteiger partial charge in [-0.05, 0) is 29.8 Å². The summed E-state index contributed by atoms with van der Waals surface area (Å²) in [7, 11) is 1.32. The number of benzene rings is 1. The van der Waals surface area contributed by atoms with Gasteiger partial charge in [-0.3, -0.25) is 9.59 Å². The smallest absolute Gasteiger partial charge is 0.310 e. The molecule has 152 valence electrons. The predicted molar refractivity (Wildman–Crippen MR) is 109 cm³/mol. The zero-order valence-corrected chi connectivity index (χ0v) is 16.6. The summed E-state index contributed by atoms with van der Waals surface area (Å²) < 4.78 is 19.1. The summed E-state index contributed by atoms with van der Waals surface area (Å²) in [6, 6.07) is 9.36. The summed E-state index contributed by atoms with van der Waals surface area (Å²) >= 11 is 6.19. The Morgan fingerprint density at radius 3 is 2.83 bits per heavy atom. The monoisotopic (exact) mass is 426 g/mol. The first-order valence-electron chi connectivity index (χ1n) is 9.01. The molecule has 30 heavy (non-hydrogen) atoms. The fourth-order valence-electron chi connectivity index (χ4n) is 3.18. The van der Waals surface area contributed by atoms with Crippen LogP contribution >= 0.6 is 11.6 Å². The summed E-state index contributed by atoms with van der Waals surface area (Å²) in [5, 5.41) is 6.02. The molecule has 0 spiro atoms. The van der Waals surface area contributed by atoms with Crippen LogP contribution in [-0.2, 0) is 22.5 Å². The van der Waals surface area contributed by atoms with E-state index in [1.165, 1.54) is 25.4 Å². The molecule has 0 atom stereocenters. The van der Waals surface area contributed by atoms with Gasteiger partial charge in [0.25, 0.3) is 5.91 Å². The summed E-state index contributed by atoms with van der Waals surface area (Å²) in [5.74, 6) is -0.716. The van der Waals surface area contributed by atoms with Gasteiger partial charge < -0.3 is 15.4 Å². The Bertz CT molecular complexity index is 1130. The molecular formula is C21H16ClFN4O3. The topological polar surface area (TPSA) is 93.2 Å². The van der Waals surface area contributed by atoms with Crippen LogP contribution in [0.2, 0.25) is 5.02 Å². The van der Waals surface area contributed by atoms with Gasteiger partial charge in [-0.15, -0.1) is 0 Å². The van der Waals surface area contributed by atoms with Crippen LogP contribution < -0.4 is 10.6 Å². The number of carbonyl (C=O) groups excluding carboxylic acids is 2. The minimum absolute atomic E-state index is 0.104. The quantitative estimate of drug-likeness (QED) is 0.605. The molecule has 0 aliphatic carbocycles. The molecule has 0 bridgehead atoms. The normalized spacial score (nSPS) is 12.3. The average Bonchev–Trinajstić information content (AvgIpc) is 3.10. The van der Waals surface area contributed by atoms with Crippen LogP contribution in [-0.4, -0.2) is 29.0 Å². The molecule has 0 radical (unpaired) electrons. The van der Waals surface area contributed by atoms with Gasteiger partial charge in [-0.1, -0.05) is 23.7 Å². The van der Waals surface area contributed by atoms with Crippen molar-refractivity contribution in [1.29, 1.82) is 0 Å². The molecule has 2 aromatic heterocycles. The number of carbonyl (C=O) groups is 2. The lowest BCUT2D eigenvalue weighted by Crippen LogP contribution is -2.13. The highest BCUT2D eigenvalue weighted by molar-refractivity contribution is 6.33. The zero-order valence-electron chi connectivity index (χ0n) is 15.8. The largest absolute Gasteiger partial charge is 0.469 e. The van der Waals surface area contributed by atoms with Crippen LogP contribution in [0.5, 0.6) is 0 Å². The maximum Gasteiger partial charge on any atom is 0.310 e. The van der Waals surface area contributed by atoms with E-state index in [0.29, 0.717) is 34.0 Å². The summed E-state index contributed by atoms with van der Waals surface area (Å²) in [6.45, 7) is 0.230. The standard InChI is InChI=1S/C21H16ClFN4O3/c1-30-18(28)7-11-5-6-17(24-9-11)27-15-8-14(19-12(22)3-2-4-13(19)23)26-16-10-25-21(29)20(15)16/h2-6,8-9H,7,10H2,1H3,(H,25,29)(H,24,26,27). The zero-order chi connectivity index (χ0) is 21.3. The number of hydrogen-bond donors (Lipinski definition) is 2. The number of hydrogen-bond acceptors (Lipinski definition) is 6. The Balaban J connectivity index is 1.72. The second-order valence-corrected chi connectivity index (χ2v) is 6.99. The average molecular weight is 427 g/mol. The van der Waals surface area contributed by atoms with Crippen molar-refractivity contribution in [2.45, 2.75) is 13.0 Å². The van der Waals surface area contributed by atoms with Crippen LogP contribution in [0.25, 0.3) is 11.3 Å². The number of amides is 1. The molecule has 2 N–H and O–H groups in total. The number of methoxy groups -OCH3 is 1. The van der Waals surface area contributed by atoms with Crippen molar-refractivity contribution < 1.29 is 18.7 Å². The van der Waals surface area contributed by atoms with Crippen molar-refractivity contribution in [2.75, 3.05) is 12.4 Å². The van der Waals surface area contributed by atoms with Gasteiger partial charge in [0.05, 0.1) is 53.3 Å². The molecule has 3 heterocycles. The minimum atomic E-state index is -0.511. The second-order valence-electron chi connectivity index (χ2n) is 6.59. The molecule has 9 heteroatoms. The van der Waals surface area contributed by atoms with Crippen molar-refractivity contribution in [2.24, 2.45) is 0 Å². The van der Waals surface area contributed by atoms with Gasteiger partial charge in [-0.25, -0.2) is 14.4 Å². The molecule has 1 amide bonds. The number of nitrogens with one attached hydrogen (secondary N) is 2. The lowest BCUT2D eigenvalue weighted by molar-refractivity contribution is -0.139. The number of aromatic nitrogens is 2. The highest BCUT2D eigenvalue weighted by Gasteiger charge is 2.27. The van der Waals surface area contributed by atoms with Crippen LogP contribution in [0.4, 0.5) is 15.9 Å². The van der Waals surface area contributed by atoms with Crippen LogP contribution in [0.15, 0.2) is 42.6 Å². The first-order chi connectivity index (χ1) is 14.5. The highest BCUT2D eigenvalue weighted by atomic mass is 35.5. The van der Waals surface area contributed by atoms with E-state index < -0.39 is 5.82 Å². The molecule has 4 rings (SSSR count). The fourth-order valence-corrected chi connectivity index (χ4v) is 3.44. The van der Waals surface area contributed by atoms with Crippen molar-refractivity contribution in [3.05, 3.63) is 70.3 Å². The van der Waals surface area contributed by atoms with Gasteiger partial charge in [0.15, 0.2) is 0 Å². The molecular weight excluding hydrogens is 411 g/mol. The van der Waals surface area contributed by atoms with E-state index in [9.17, 15) is 14.0 Å². The third-order valence-corrected chi connectivity index (χ3v) is 4.94. The van der Waals surface area contributed by atoms with E-state index >= 15 is 0 Å². The number of pyridine rings is 2. The fraction of sp³-hybridized carbons (Fsp3) is 0.143. The van der Waals surface area contributed by atoms with Gasteiger partial charge >= 0.3 is 5.97 Å². The Labute approximate surface area is 176 Å². The first kappa shape index (κ1) is 19.8. The lowest BCUT2D eigenvalue weighted by Gasteiger charge is -2.13. The summed E-state index contributed by atoms with van der Waals surface area (Å²) in [6.07, 6.45) is 1.64. The number of halogens is 2. The van der Waals surface area contributed by atoms with Crippen LogP contribution in [0, 0.1) is 5.82 Å². The van der Waals surface area contributed by atoms with E-state index in [-0.39, 0.29) is 35.4 Å². The van der Waals surface area contributed by atoms with E-state index in [1.54, 1.807) is 24.3 Å². The molecule has 0 unspecified atom stereocenters. The van der Waals surface area contributed by atoms with E-state index in [0.717, 1.165) is 0 Å². The number of anilines is 2. The van der Waals surface area contributed by atoms with E-state index in [2.05, 4.69) is 25.3 Å². The highest BCUT2D eigenvalue weighted by Crippen LogP contribution is 2.35. The van der Waals surface area contributed by atoms with Gasteiger partial charge in [0.1, 0.15) is 11.6 Å². The molecule has 7 nitrogen and oxygen atoms in total. The second kappa shape index (κ2) is 8.08. The molecule has 1 aromatic carbocycles. The van der Waals surface area contributed by atoms with Crippen molar-refractivity contribution in [1.82, 2.24) is 15.3 Å². The van der Waals surface area contributed by atoms with Crippen molar-refractivity contribution in [3.63, 3.8) is 0 Å². The number of rotatable bonds is 5. The summed E-state index contributed by atoms with van der Waals surface area (Å²) in [5.41, 5.74) is 2.43. The van der Waals surface area contributed by atoms with Gasteiger partial charge in [0.2, 0.25) is 0 Å². The summed E-state index contributed by atoms with van der Waals surface area (Å²) in [4.78, 5) is 32.4. The van der Waals surface area contributed by atoms with Crippen LogP contribution in [0.1, 0.15) is 21.6 Å². The van der Waals surface area contributed by atoms with Gasteiger partial charge in [0, 0.05) is 6.20 Å². The Morgan fingerprint density at radius 2 is 2.13 bits per heavy atom. The first-order valence-corrected chi connectivity index (χ1v) is 9.39. The van der Waals surface area contributed by atoms with Gasteiger partial charge in [-0.2, -0.15) is 0 Å². The maximum absolute atomic E-state index is 14.4. The number of esters is 1. The number of nitrogens with zero attached hydrogens (tertiary/aromatic N) is 2. The molecule has 3 aromatic rings. The Hall–Kier alpha value is -3.52. The minimum Gasteiger partial charge on any atom is -0.469 e. The SMILES string of the molecule is COC(=O)Cc1ccc(Nc2cc(-c3c(F)cccc3Cl)nc3c2C(=O)NC3)nc1. The maximum atomic E-state index is 14.4.